The maximum absolute atomic E-state index is 10.9. The molecule has 0 saturated carbocycles. The van der Waals surface area contributed by atoms with Gasteiger partial charge >= 0.3 is 0 Å². The van der Waals surface area contributed by atoms with Gasteiger partial charge in [0.1, 0.15) is 0 Å². The van der Waals surface area contributed by atoms with Gasteiger partial charge in [0, 0.05) is 17.5 Å². The van der Waals surface area contributed by atoms with Gasteiger partial charge in [0.25, 0.3) is 5.56 Å². The highest BCUT2D eigenvalue weighted by molar-refractivity contribution is 7.99. The lowest BCUT2D eigenvalue weighted by Crippen LogP contribution is -2.06. The minimum absolute atomic E-state index is 0.0872. The van der Waals surface area contributed by atoms with E-state index in [0.717, 1.165) is 6.42 Å². The first-order valence-electron chi connectivity index (χ1n) is 3.94. The summed E-state index contributed by atoms with van der Waals surface area (Å²) in [6, 6.07) is 1.42. The van der Waals surface area contributed by atoms with Crippen LogP contribution in [0.5, 0.6) is 0 Å². The van der Waals surface area contributed by atoms with Crippen molar-refractivity contribution >= 4 is 11.8 Å². The fourth-order valence-corrected chi connectivity index (χ4v) is 1.51. The van der Waals surface area contributed by atoms with E-state index >= 15 is 0 Å². The van der Waals surface area contributed by atoms with Crippen LogP contribution in [0.2, 0.25) is 0 Å². The van der Waals surface area contributed by atoms with Gasteiger partial charge in [-0.05, 0) is 6.42 Å². The first kappa shape index (κ1) is 9.32. The first-order valence-corrected chi connectivity index (χ1v) is 4.82. The molecule has 0 aliphatic carbocycles. The predicted molar refractivity (Wildman–Crippen MR) is 50.5 cm³/mol. The second kappa shape index (κ2) is 4.30. The molecule has 1 rings (SSSR count). The number of hydrogen-bond donors (Lipinski definition) is 1. The number of thioether (sulfide) groups is 1. The fraction of sp³-hybridized carbons (Fsp3) is 0.500. The molecule has 12 heavy (non-hydrogen) atoms. The van der Waals surface area contributed by atoms with E-state index in [4.69, 9.17) is 0 Å². The lowest BCUT2D eigenvalue weighted by Gasteiger charge is -2.05. The average molecular weight is 184 g/mol. The quantitative estimate of drug-likeness (QED) is 0.574. The second-order valence-electron chi connectivity index (χ2n) is 2.58. The van der Waals surface area contributed by atoms with Gasteiger partial charge in [-0.1, -0.05) is 25.6 Å². The van der Waals surface area contributed by atoms with Crippen molar-refractivity contribution in [3.05, 3.63) is 22.6 Å². The minimum atomic E-state index is -0.0872. The smallest absolute Gasteiger partial charge is 0.251 e. The zero-order valence-electron chi connectivity index (χ0n) is 7.20. The summed E-state index contributed by atoms with van der Waals surface area (Å²) < 4.78 is 0. The maximum Gasteiger partial charge on any atom is 0.251 e. The van der Waals surface area contributed by atoms with E-state index in [1.54, 1.807) is 11.8 Å². The molecule has 0 aromatic carbocycles. The highest BCUT2D eigenvalue weighted by Crippen LogP contribution is 2.19. The average Bonchev–Trinajstić information content (AvgIpc) is 2.04. The summed E-state index contributed by atoms with van der Waals surface area (Å²) in [7, 11) is 0. The molecule has 1 heterocycles. The van der Waals surface area contributed by atoms with Crippen molar-refractivity contribution in [2.75, 3.05) is 0 Å². The third-order valence-corrected chi connectivity index (χ3v) is 2.70. The Morgan fingerprint density at radius 2 is 2.50 bits per heavy atom. The number of nitrogens with zero attached hydrogens (tertiary/aromatic N) is 1. The van der Waals surface area contributed by atoms with Crippen LogP contribution in [-0.4, -0.2) is 15.2 Å². The van der Waals surface area contributed by atoms with Gasteiger partial charge in [-0.2, -0.15) is 0 Å². The Balaban J connectivity index is 2.69. The van der Waals surface area contributed by atoms with Gasteiger partial charge in [0.15, 0.2) is 5.16 Å². The summed E-state index contributed by atoms with van der Waals surface area (Å²) >= 11 is 1.59. The Morgan fingerprint density at radius 3 is 3.08 bits per heavy atom. The number of aromatic nitrogens is 2. The van der Waals surface area contributed by atoms with E-state index in [1.807, 2.05) is 0 Å². The molecule has 1 aromatic rings. The van der Waals surface area contributed by atoms with Crippen LogP contribution >= 0.6 is 11.8 Å². The fourth-order valence-electron chi connectivity index (χ4n) is 0.686. The summed E-state index contributed by atoms with van der Waals surface area (Å²) in [6.07, 6.45) is 2.60. The van der Waals surface area contributed by atoms with Gasteiger partial charge in [-0.15, -0.1) is 0 Å². The molecular weight excluding hydrogens is 172 g/mol. The molecule has 0 aliphatic rings. The lowest BCUT2D eigenvalue weighted by atomic mass is 10.4. The predicted octanol–water partition coefficient (Wildman–Crippen LogP) is 1.66. The maximum atomic E-state index is 10.9. The van der Waals surface area contributed by atoms with Crippen molar-refractivity contribution in [1.82, 2.24) is 9.97 Å². The highest BCUT2D eigenvalue weighted by atomic mass is 32.2. The third kappa shape index (κ3) is 2.70. The van der Waals surface area contributed by atoms with Crippen molar-refractivity contribution < 1.29 is 0 Å². The Bertz CT molecular complexity index is 297. The van der Waals surface area contributed by atoms with E-state index in [-0.39, 0.29) is 5.56 Å². The van der Waals surface area contributed by atoms with Crippen LogP contribution in [0, 0.1) is 0 Å². The molecule has 0 spiro atoms. The SMILES string of the molecule is CCC(C)Sc1nccc(=O)[nH]1. The van der Waals surface area contributed by atoms with E-state index in [1.165, 1.54) is 12.3 Å². The number of hydrogen-bond acceptors (Lipinski definition) is 3. The van der Waals surface area contributed by atoms with E-state index in [2.05, 4.69) is 23.8 Å². The van der Waals surface area contributed by atoms with Crippen LogP contribution in [0.1, 0.15) is 20.3 Å². The minimum Gasteiger partial charge on any atom is -0.301 e. The van der Waals surface area contributed by atoms with Crippen LogP contribution in [0.15, 0.2) is 22.2 Å². The second-order valence-corrected chi connectivity index (χ2v) is 4.00. The first-order chi connectivity index (χ1) is 5.72. The molecular formula is C8H12N2OS. The molecule has 1 atom stereocenters. The largest absolute Gasteiger partial charge is 0.301 e. The Kier molecular flexibility index (Phi) is 3.34. The number of nitrogens with one attached hydrogen (secondary N) is 1. The Labute approximate surface area is 75.6 Å². The number of rotatable bonds is 3. The molecule has 66 valence electrons. The van der Waals surface area contributed by atoms with E-state index < -0.39 is 0 Å². The van der Waals surface area contributed by atoms with Crippen molar-refractivity contribution in [1.29, 1.82) is 0 Å². The molecule has 4 heteroatoms. The summed E-state index contributed by atoms with van der Waals surface area (Å²) in [4.78, 5) is 17.6. The van der Waals surface area contributed by atoms with Crippen LogP contribution in [0.4, 0.5) is 0 Å². The standard InChI is InChI=1S/C8H12N2OS/c1-3-6(2)12-8-9-5-4-7(11)10-8/h4-6H,3H2,1-2H3,(H,9,10,11). The molecule has 3 nitrogen and oxygen atoms in total. The Morgan fingerprint density at radius 1 is 1.75 bits per heavy atom. The van der Waals surface area contributed by atoms with Gasteiger partial charge in [0.2, 0.25) is 0 Å². The molecule has 0 radical (unpaired) electrons. The van der Waals surface area contributed by atoms with Crippen molar-refractivity contribution in [3.63, 3.8) is 0 Å². The van der Waals surface area contributed by atoms with Crippen LogP contribution in [0.3, 0.4) is 0 Å². The molecule has 1 aromatic heterocycles. The van der Waals surface area contributed by atoms with Gasteiger partial charge in [-0.25, -0.2) is 4.98 Å². The number of H-pyrrole nitrogens is 1. The number of aromatic amines is 1. The van der Waals surface area contributed by atoms with Crippen LogP contribution in [0.25, 0.3) is 0 Å². The Hall–Kier alpha value is -0.770. The zero-order chi connectivity index (χ0) is 8.97. The normalized spacial score (nSPS) is 12.8. The highest BCUT2D eigenvalue weighted by Gasteiger charge is 2.02. The molecule has 1 N–H and O–H groups in total. The zero-order valence-corrected chi connectivity index (χ0v) is 8.02. The van der Waals surface area contributed by atoms with Crippen molar-refractivity contribution in [2.45, 2.75) is 30.7 Å². The molecule has 0 amide bonds. The van der Waals surface area contributed by atoms with E-state index in [9.17, 15) is 4.79 Å². The molecule has 0 aliphatic heterocycles. The third-order valence-electron chi connectivity index (χ3n) is 1.54. The molecule has 0 bridgehead atoms. The van der Waals surface area contributed by atoms with Crippen LogP contribution in [-0.2, 0) is 0 Å². The summed E-state index contributed by atoms with van der Waals surface area (Å²) in [6.45, 7) is 4.22. The lowest BCUT2D eigenvalue weighted by molar-refractivity contribution is 0.877. The van der Waals surface area contributed by atoms with Crippen molar-refractivity contribution in [3.8, 4) is 0 Å². The summed E-state index contributed by atoms with van der Waals surface area (Å²) in [5.41, 5.74) is -0.0872. The topological polar surface area (TPSA) is 45.8 Å². The van der Waals surface area contributed by atoms with Crippen LogP contribution < -0.4 is 5.56 Å². The summed E-state index contributed by atoms with van der Waals surface area (Å²) in [5.74, 6) is 0. The van der Waals surface area contributed by atoms with Crippen molar-refractivity contribution in [2.24, 2.45) is 0 Å². The molecule has 0 fully saturated rings. The molecule has 0 saturated heterocycles. The molecule has 1 unspecified atom stereocenters. The monoisotopic (exact) mass is 184 g/mol. The van der Waals surface area contributed by atoms with E-state index in [0.29, 0.717) is 10.4 Å². The summed E-state index contributed by atoms with van der Waals surface area (Å²) in [5, 5.41) is 1.20. The van der Waals surface area contributed by atoms with Gasteiger partial charge in [0.05, 0.1) is 0 Å². The van der Waals surface area contributed by atoms with Gasteiger partial charge in [-0.3, -0.25) is 4.79 Å². The van der Waals surface area contributed by atoms with Gasteiger partial charge < -0.3 is 4.98 Å².